The molecule has 0 atom stereocenters. The van der Waals surface area contributed by atoms with Crippen LogP contribution in [0.5, 0.6) is 0 Å². The second-order valence-electron chi connectivity index (χ2n) is 4.98. The van der Waals surface area contributed by atoms with Crippen LogP contribution in [0.3, 0.4) is 0 Å². The molecular weight excluding hydrogens is 282 g/mol. The van der Waals surface area contributed by atoms with Crippen LogP contribution in [-0.4, -0.2) is 5.84 Å². The summed E-state index contributed by atoms with van der Waals surface area (Å²) in [4.78, 5) is 4.70. The Morgan fingerprint density at radius 3 is 2.00 bits per heavy atom. The van der Waals surface area contributed by atoms with Crippen molar-refractivity contribution in [2.24, 2.45) is 4.99 Å². The Labute approximate surface area is 135 Å². The Morgan fingerprint density at radius 2 is 1.39 bits per heavy atom. The summed E-state index contributed by atoms with van der Waals surface area (Å²) in [5.74, 6) is 0.742. The molecule has 0 bridgehead atoms. The van der Waals surface area contributed by atoms with Gasteiger partial charge < -0.3 is 5.32 Å². The van der Waals surface area contributed by atoms with Crippen LogP contribution in [0.1, 0.15) is 11.1 Å². The molecule has 0 unspecified atom stereocenters. The van der Waals surface area contributed by atoms with E-state index in [0.717, 1.165) is 22.8 Å². The fourth-order valence-electron chi connectivity index (χ4n) is 2.16. The number of para-hydroxylation sites is 2. The summed E-state index contributed by atoms with van der Waals surface area (Å²) in [5, 5.41) is 12.3. The second kappa shape index (κ2) is 7.06. The third-order valence-electron chi connectivity index (χ3n) is 3.32. The highest BCUT2D eigenvalue weighted by atomic mass is 15.0. The topological polar surface area (TPSA) is 48.2 Å². The van der Waals surface area contributed by atoms with E-state index in [2.05, 4.69) is 11.4 Å². The average Bonchev–Trinajstić information content (AvgIpc) is 2.63. The van der Waals surface area contributed by atoms with Crippen LogP contribution in [0.15, 0.2) is 89.9 Å². The zero-order chi connectivity index (χ0) is 15.9. The number of anilines is 1. The zero-order valence-corrected chi connectivity index (χ0v) is 12.5. The minimum Gasteiger partial charge on any atom is -0.340 e. The van der Waals surface area contributed by atoms with E-state index in [1.165, 1.54) is 0 Å². The van der Waals surface area contributed by atoms with Gasteiger partial charge in [0.05, 0.1) is 17.3 Å². The van der Waals surface area contributed by atoms with Crippen molar-refractivity contribution in [2.75, 3.05) is 5.32 Å². The van der Waals surface area contributed by atoms with Crippen molar-refractivity contribution in [3.63, 3.8) is 0 Å². The second-order valence-corrected chi connectivity index (χ2v) is 4.98. The van der Waals surface area contributed by atoms with Crippen molar-refractivity contribution in [1.29, 1.82) is 5.26 Å². The summed E-state index contributed by atoms with van der Waals surface area (Å²) in [6.45, 7) is 0. The number of hydrogen-bond acceptors (Lipinski definition) is 2. The van der Waals surface area contributed by atoms with Crippen molar-refractivity contribution < 1.29 is 0 Å². The minimum absolute atomic E-state index is 0.632. The maximum absolute atomic E-state index is 8.94. The number of nitriles is 1. The molecule has 0 aliphatic heterocycles. The summed E-state index contributed by atoms with van der Waals surface area (Å²) in [5.41, 5.74) is 3.39. The molecule has 0 radical (unpaired) electrons. The van der Waals surface area contributed by atoms with Crippen LogP contribution in [0.4, 0.5) is 11.4 Å². The van der Waals surface area contributed by atoms with E-state index in [0.29, 0.717) is 5.56 Å². The first-order chi connectivity index (χ1) is 11.3. The number of nitrogens with zero attached hydrogens (tertiary/aromatic N) is 2. The fraction of sp³-hybridized carbons (Fsp3) is 0. The number of aliphatic imine (C=N–C) groups is 1. The predicted molar refractivity (Wildman–Crippen MR) is 93.9 cm³/mol. The van der Waals surface area contributed by atoms with Gasteiger partial charge in [-0.3, -0.25) is 0 Å². The molecule has 0 aliphatic rings. The van der Waals surface area contributed by atoms with Crippen molar-refractivity contribution >= 4 is 17.2 Å². The summed E-state index contributed by atoms with van der Waals surface area (Å²) in [6, 6.07) is 29.2. The van der Waals surface area contributed by atoms with Crippen LogP contribution in [0.2, 0.25) is 0 Å². The zero-order valence-electron chi connectivity index (χ0n) is 12.5. The third-order valence-corrected chi connectivity index (χ3v) is 3.32. The molecule has 0 amide bonds. The van der Waals surface area contributed by atoms with Crippen LogP contribution >= 0.6 is 0 Å². The lowest BCUT2D eigenvalue weighted by Gasteiger charge is -2.10. The molecule has 3 aromatic rings. The van der Waals surface area contributed by atoms with E-state index in [-0.39, 0.29) is 0 Å². The van der Waals surface area contributed by atoms with Crippen molar-refractivity contribution in [1.82, 2.24) is 0 Å². The standard InChI is InChI=1S/C20H15N3/c21-15-16-11-13-17(14-12-16)20(22-18-7-3-1-4-8-18)23-19-9-5-2-6-10-19/h1-14H,(H,22,23). The molecule has 0 aliphatic carbocycles. The van der Waals surface area contributed by atoms with Gasteiger partial charge in [-0.05, 0) is 48.5 Å². The molecule has 110 valence electrons. The van der Waals surface area contributed by atoms with Crippen LogP contribution in [0, 0.1) is 11.3 Å². The Morgan fingerprint density at radius 1 is 0.783 bits per heavy atom. The first kappa shape index (κ1) is 14.6. The van der Waals surface area contributed by atoms with Gasteiger partial charge in [-0.25, -0.2) is 4.99 Å². The highest BCUT2D eigenvalue weighted by Crippen LogP contribution is 2.16. The average molecular weight is 297 g/mol. The lowest BCUT2D eigenvalue weighted by Crippen LogP contribution is -2.13. The molecule has 0 heterocycles. The van der Waals surface area contributed by atoms with E-state index in [1.807, 2.05) is 72.8 Å². The Hall–Kier alpha value is -3.38. The molecule has 0 fully saturated rings. The smallest absolute Gasteiger partial charge is 0.138 e. The first-order valence-electron chi connectivity index (χ1n) is 7.31. The molecule has 23 heavy (non-hydrogen) atoms. The number of benzene rings is 3. The third kappa shape index (κ3) is 3.84. The highest BCUT2D eigenvalue weighted by molar-refractivity contribution is 6.09. The van der Waals surface area contributed by atoms with Crippen molar-refractivity contribution in [3.05, 3.63) is 96.1 Å². The van der Waals surface area contributed by atoms with E-state index in [4.69, 9.17) is 10.3 Å². The first-order valence-corrected chi connectivity index (χ1v) is 7.31. The number of rotatable bonds is 3. The van der Waals surface area contributed by atoms with Crippen LogP contribution in [0.25, 0.3) is 0 Å². The van der Waals surface area contributed by atoms with E-state index in [9.17, 15) is 0 Å². The molecule has 0 saturated carbocycles. The van der Waals surface area contributed by atoms with Gasteiger partial charge in [-0.2, -0.15) is 5.26 Å². The molecule has 3 aromatic carbocycles. The molecule has 3 rings (SSSR count). The Balaban J connectivity index is 1.99. The van der Waals surface area contributed by atoms with Gasteiger partial charge in [0.15, 0.2) is 0 Å². The lowest BCUT2D eigenvalue weighted by molar-refractivity contribution is 1.45. The Kier molecular flexibility index (Phi) is 4.47. The minimum atomic E-state index is 0.632. The van der Waals surface area contributed by atoms with Crippen LogP contribution < -0.4 is 5.32 Å². The summed E-state index contributed by atoms with van der Waals surface area (Å²) < 4.78 is 0. The molecule has 3 nitrogen and oxygen atoms in total. The van der Waals surface area contributed by atoms with Gasteiger partial charge in [0.25, 0.3) is 0 Å². The molecule has 0 aromatic heterocycles. The Bertz CT molecular complexity index is 830. The van der Waals surface area contributed by atoms with Gasteiger partial charge in [0.1, 0.15) is 5.84 Å². The summed E-state index contributed by atoms with van der Waals surface area (Å²) >= 11 is 0. The monoisotopic (exact) mass is 297 g/mol. The summed E-state index contributed by atoms with van der Waals surface area (Å²) in [7, 11) is 0. The van der Waals surface area contributed by atoms with Gasteiger partial charge in [-0.15, -0.1) is 0 Å². The molecular formula is C20H15N3. The fourth-order valence-corrected chi connectivity index (χ4v) is 2.16. The maximum atomic E-state index is 8.94. The van der Waals surface area contributed by atoms with E-state index in [1.54, 1.807) is 12.1 Å². The number of hydrogen-bond donors (Lipinski definition) is 1. The van der Waals surface area contributed by atoms with E-state index < -0.39 is 0 Å². The molecule has 1 N–H and O–H groups in total. The summed E-state index contributed by atoms with van der Waals surface area (Å²) in [6.07, 6.45) is 0. The maximum Gasteiger partial charge on any atom is 0.138 e. The lowest BCUT2D eigenvalue weighted by atomic mass is 10.1. The normalized spacial score (nSPS) is 10.8. The van der Waals surface area contributed by atoms with Gasteiger partial charge in [0, 0.05) is 11.3 Å². The predicted octanol–water partition coefficient (Wildman–Crippen LogP) is 4.75. The molecule has 0 saturated heterocycles. The number of nitrogens with one attached hydrogen (secondary N) is 1. The van der Waals surface area contributed by atoms with Crippen molar-refractivity contribution in [2.45, 2.75) is 0 Å². The SMILES string of the molecule is N#Cc1ccc(C(=Nc2ccccc2)Nc2ccccc2)cc1. The van der Waals surface area contributed by atoms with E-state index >= 15 is 0 Å². The van der Waals surface area contributed by atoms with Gasteiger partial charge in [0.2, 0.25) is 0 Å². The van der Waals surface area contributed by atoms with Crippen molar-refractivity contribution in [3.8, 4) is 6.07 Å². The van der Waals surface area contributed by atoms with Crippen LogP contribution in [-0.2, 0) is 0 Å². The highest BCUT2D eigenvalue weighted by Gasteiger charge is 2.05. The number of amidine groups is 1. The van der Waals surface area contributed by atoms with Gasteiger partial charge >= 0.3 is 0 Å². The quantitative estimate of drug-likeness (QED) is 0.560. The largest absolute Gasteiger partial charge is 0.340 e. The molecule has 0 spiro atoms. The van der Waals surface area contributed by atoms with Gasteiger partial charge in [-0.1, -0.05) is 36.4 Å². The molecule has 3 heteroatoms.